The molecule has 0 radical (unpaired) electrons. The molecule has 4 aromatic rings. The van der Waals surface area contributed by atoms with Crippen molar-refractivity contribution < 1.29 is 9.59 Å². The van der Waals surface area contributed by atoms with Crippen LogP contribution in [-0.4, -0.2) is 39.6 Å². The molecule has 168 valence electrons. The third-order valence-electron chi connectivity index (χ3n) is 5.37. The van der Waals surface area contributed by atoms with E-state index in [1.165, 1.54) is 0 Å². The van der Waals surface area contributed by atoms with E-state index in [2.05, 4.69) is 5.32 Å². The summed E-state index contributed by atoms with van der Waals surface area (Å²) >= 11 is 1.54. The molecule has 0 spiro atoms. The molecule has 1 N–H and O–H groups in total. The summed E-state index contributed by atoms with van der Waals surface area (Å²) in [6.45, 7) is 5.74. The molecule has 2 aromatic carbocycles. The number of hydrogen-bond donors (Lipinski definition) is 1. The monoisotopic (exact) mass is 458 g/mol. The third kappa shape index (κ3) is 5.21. The molecule has 2 aromatic heterocycles. The fourth-order valence-electron chi connectivity index (χ4n) is 3.66. The lowest BCUT2D eigenvalue weighted by molar-refractivity contribution is 0.0772. The van der Waals surface area contributed by atoms with Gasteiger partial charge in [0, 0.05) is 30.5 Å². The Morgan fingerprint density at radius 3 is 2.48 bits per heavy atom. The summed E-state index contributed by atoms with van der Waals surface area (Å²) in [5.74, 6) is -0.309. The Hall–Kier alpha value is -3.71. The van der Waals surface area contributed by atoms with Gasteiger partial charge in [-0.05, 0) is 49.1 Å². The highest BCUT2D eigenvalue weighted by atomic mass is 32.1. The molecule has 0 aliphatic carbocycles. The predicted octanol–water partition coefficient (Wildman–Crippen LogP) is 5.39. The van der Waals surface area contributed by atoms with E-state index < -0.39 is 0 Å². The number of nitrogens with one attached hydrogen (secondary N) is 1. The first-order valence-corrected chi connectivity index (χ1v) is 11.8. The lowest BCUT2D eigenvalue weighted by Gasteiger charge is -2.19. The van der Waals surface area contributed by atoms with Crippen LogP contribution in [0.15, 0.2) is 78.3 Å². The van der Waals surface area contributed by atoms with Gasteiger partial charge in [-0.1, -0.05) is 42.5 Å². The Labute approximate surface area is 197 Å². The molecule has 0 fully saturated rings. The molecule has 6 nitrogen and oxygen atoms in total. The number of hydrogen-bond acceptors (Lipinski definition) is 4. The molecule has 0 atom stereocenters. The zero-order valence-electron chi connectivity index (χ0n) is 18.7. The summed E-state index contributed by atoms with van der Waals surface area (Å²) in [5, 5.41) is 9.62. The average molecular weight is 459 g/mol. The van der Waals surface area contributed by atoms with E-state index in [4.69, 9.17) is 5.10 Å². The van der Waals surface area contributed by atoms with Crippen LogP contribution in [-0.2, 0) is 6.54 Å². The molecular weight excluding hydrogens is 432 g/mol. The van der Waals surface area contributed by atoms with Gasteiger partial charge in [0.05, 0.1) is 17.0 Å². The minimum atomic E-state index is -0.259. The molecule has 0 saturated heterocycles. The molecule has 0 saturated carbocycles. The predicted molar refractivity (Wildman–Crippen MR) is 133 cm³/mol. The maximum absolute atomic E-state index is 13.3. The van der Waals surface area contributed by atoms with E-state index in [0.29, 0.717) is 42.1 Å². The maximum atomic E-state index is 13.3. The number of aromatic nitrogens is 2. The van der Waals surface area contributed by atoms with Crippen LogP contribution in [0.2, 0.25) is 0 Å². The summed E-state index contributed by atoms with van der Waals surface area (Å²) in [7, 11) is 0. The Bertz CT molecular complexity index is 1230. The number of benzene rings is 2. The lowest BCUT2D eigenvalue weighted by Crippen LogP contribution is -2.30. The van der Waals surface area contributed by atoms with Gasteiger partial charge in [-0.15, -0.1) is 11.3 Å². The van der Waals surface area contributed by atoms with Crippen LogP contribution in [0.1, 0.15) is 40.1 Å². The van der Waals surface area contributed by atoms with Crippen LogP contribution in [0, 0.1) is 0 Å². The van der Waals surface area contributed by atoms with E-state index in [0.717, 1.165) is 10.4 Å². The van der Waals surface area contributed by atoms with Crippen molar-refractivity contribution in [1.82, 2.24) is 14.7 Å². The van der Waals surface area contributed by atoms with Crippen LogP contribution in [0.25, 0.3) is 10.6 Å². The second kappa shape index (κ2) is 10.3. The average Bonchev–Trinajstić information content (AvgIpc) is 3.51. The van der Waals surface area contributed by atoms with Gasteiger partial charge in [0.15, 0.2) is 0 Å². The second-order valence-corrected chi connectivity index (χ2v) is 8.51. The molecule has 0 aliphatic heterocycles. The zero-order chi connectivity index (χ0) is 23.2. The quantitative estimate of drug-likeness (QED) is 0.385. The molecule has 2 amide bonds. The summed E-state index contributed by atoms with van der Waals surface area (Å²) in [4.78, 5) is 28.7. The van der Waals surface area contributed by atoms with Crippen molar-refractivity contribution in [2.24, 2.45) is 0 Å². The first kappa shape index (κ1) is 22.5. The standard InChI is InChI=1S/C26H26N4O2S/c1-3-29(4-2)26(32)20-12-8-13-21(16-20)27-25(31)22-18-30(17-19-10-6-5-7-11-19)28-24(22)23-14-9-15-33-23/h5-16,18H,3-4,17H2,1-2H3,(H,27,31). The summed E-state index contributed by atoms with van der Waals surface area (Å²) in [5.41, 5.74) is 3.37. The minimum absolute atomic E-state index is 0.0499. The number of anilines is 1. The van der Waals surface area contributed by atoms with E-state index in [9.17, 15) is 9.59 Å². The van der Waals surface area contributed by atoms with Crippen molar-refractivity contribution in [2.75, 3.05) is 18.4 Å². The van der Waals surface area contributed by atoms with Gasteiger partial charge >= 0.3 is 0 Å². The number of thiophene rings is 1. The van der Waals surface area contributed by atoms with Crippen molar-refractivity contribution in [2.45, 2.75) is 20.4 Å². The van der Waals surface area contributed by atoms with Crippen LogP contribution < -0.4 is 5.32 Å². The normalized spacial score (nSPS) is 10.7. The first-order chi connectivity index (χ1) is 16.1. The van der Waals surface area contributed by atoms with Crippen molar-refractivity contribution in [3.8, 4) is 10.6 Å². The molecule has 2 heterocycles. The maximum Gasteiger partial charge on any atom is 0.259 e. The van der Waals surface area contributed by atoms with Crippen LogP contribution in [0.4, 0.5) is 5.69 Å². The topological polar surface area (TPSA) is 67.2 Å². The number of amides is 2. The molecule has 7 heteroatoms. The first-order valence-electron chi connectivity index (χ1n) is 10.9. The van der Waals surface area contributed by atoms with E-state index in [1.54, 1.807) is 51.4 Å². The minimum Gasteiger partial charge on any atom is -0.339 e. The van der Waals surface area contributed by atoms with Crippen molar-refractivity contribution >= 4 is 28.8 Å². The fraction of sp³-hybridized carbons (Fsp3) is 0.192. The van der Waals surface area contributed by atoms with Crippen molar-refractivity contribution in [3.63, 3.8) is 0 Å². The largest absolute Gasteiger partial charge is 0.339 e. The number of carbonyl (C=O) groups is 2. The van der Waals surface area contributed by atoms with Gasteiger partial charge < -0.3 is 10.2 Å². The fourth-order valence-corrected chi connectivity index (χ4v) is 4.38. The summed E-state index contributed by atoms with van der Waals surface area (Å²) in [6.07, 6.45) is 1.78. The SMILES string of the molecule is CCN(CC)C(=O)c1cccc(NC(=O)c2cn(Cc3ccccc3)nc2-c2cccs2)c1. The summed E-state index contributed by atoms with van der Waals surface area (Å²) in [6, 6.07) is 21.0. The van der Waals surface area contributed by atoms with Gasteiger partial charge in [0.1, 0.15) is 5.69 Å². The van der Waals surface area contributed by atoms with Crippen LogP contribution >= 0.6 is 11.3 Å². The number of rotatable bonds is 8. The Morgan fingerprint density at radius 2 is 1.79 bits per heavy atom. The highest BCUT2D eigenvalue weighted by Gasteiger charge is 2.20. The van der Waals surface area contributed by atoms with Gasteiger partial charge in [-0.25, -0.2) is 0 Å². The van der Waals surface area contributed by atoms with E-state index in [1.807, 2.05) is 61.7 Å². The number of nitrogens with zero attached hydrogens (tertiary/aromatic N) is 3. The summed E-state index contributed by atoms with van der Waals surface area (Å²) < 4.78 is 1.79. The van der Waals surface area contributed by atoms with Gasteiger partial charge in [0.25, 0.3) is 11.8 Å². The third-order valence-corrected chi connectivity index (χ3v) is 6.24. The number of carbonyl (C=O) groups excluding carboxylic acids is 2. The van der Waals surface area contributed by atoms with Gasteiger partial charge in [0.2, 0.25) is 0 Å². The van der Waals surface area contributed by atoms with E-state index in [-0.39, 0.29) is 11.8 Å². The highest BCUT2D eigenvalue weighted by molar-refractivity contribution is 7.13. The van der Waals surface area contributed by atoms with Crippen LogP contribution in [0.3, 0.4) is 0 Å². The Kier molecular flexibility index (Phi) is 7.00. The molecule has 0 bridgehead atoms. The van der Waals surface area contributed by atoms with Gasteiger partial charge in [-0.3, -0.25) is 14.3 Å². The van der Waals surface area contributed by atoms with Crippen molar-refractivity contribution in [3.05, 3.63) is 95.0 Å². The molecule has 4 rings (SSSR count). The Balaban J connectivity index is 1.60. The van der Waals surface area contributed by atoms with Gasteiger partial charge in [-0.2, -0.15) is 5.10 Å². The molecule has 0 aliphatic rings. The Morgan fingerprint density at radius 1 is 1.00 bits per heavy atom. The lowest BCUT2D eigenvalue weighted by atomic mass is 10.1. The van der Waals surface area contributed by atoms with Crippen molar-refractivity contribution in [1.29, 1.82) is 0 Å². The molecular formula is C26H26N4O2S. The smallest absolute Gasteiger partial charge is 0.259 e. The zero-order valence-corrected chi connectivity index (χ0v) is 19.5. The molecule has 0 unspecified atom stereocenters. The van der Waals surface area contributed by atoms with E-state index >= 15 is 0 Å². The highest BCUT2D eigenvalue weighted by Crippen LogP contribution is 2.28. The second-order valence-electron chi connectivity index (χ2n) is 7.56. The molecule has 33 heavy (non-hydrogen) atoms. The van der Waals surface area contributed by atoms with Crippen LogP contribution in [0.5, 0.6) is 0 Å².